The molecule has 1 heterocycles. The molecule has 0 aliphatic carbocycles. The highest BCUT2D eigenvalue weighted by Gasteiger charge is 2.37. The predicted molar refractivity (Wildman–Crippen MR) is 62.4 cm³/mol. The Balaban J connectivity index is 3.37. The fraction of sp³-hybridized carbons (Fsp3) is 0.500. The van der Waals surface area contributed by atoms with E-state index in [0.717, 1.165) is 0 Å². The molecular weight excluding hydrogens is 299 g/mol. The van der Waals surface area contributed by atoms with Gasteiger partial charge in [0.05, 0.1) is 24.3 Å². The van der Waals surface area contributed by atoms with E-state index in [1.807, 2.05) is 0 Å². The number of carbonyl (C=O) groups is 1. The van der Waals surface area contributed by atoms with Crippen molar-refractivity contribution in [1.29, 1.82) is 0 Å². The molecule has 1 aromatic heterocycles. The molecule has 1 rings (SSSR count). The van der Waals surface area contributed by atoms with E-state index >= 15 is 0 Å². The van der Waals surface area contributed by atoms with Crippen molar-refractivity contribution in [1.82, 2.24) is 4.98 Å². The van der Waals surface area contributed by atoms with E-state index in [1.165, 1.54) is 6.92 Å². The zero-order valence-electron chi connectivity index (χ0n) is 11.0. The number of alkyl halides is 5. The van der Waals surface area contributed by atoms with Gasteiger partial charge in [-0.2, -0.15) is 13.2 Å². The van der Waals surface area contributed by atoms with Crippen LogP contribution in [0.15, 0.2) is 6.20 Å². The Labute approximate surface area is 117 Å². The van der Waals surface area contributed by atoms with E-state index in [9.17, 15) is 26.7 Å². The van der Waals surface area contributed by atoms with Crippen LogP contribution in [-0.4, -0.2) is 17.6 Å². The number of halogens is 5. The summed E-state index contributed by atoms with van der Waals surface area (Å²) in [7, 11) is 0. The molecule has 0 aromatic carbocycles. The number of esters is 1. The molecule has 0 saturated heterocycles. The Morgan fingerprint density at radius 1 is 1.43 bits per heavy atom. The van der Waals surface area contributed by atoms with Gasteiger partial charge in [0.25, 0.3) is 6.43 Å². The van der Waals surface area contributed by atoms with Crippen LogP contribution in [0.5, 0.6) is 0 Å². The van der Waals surface area contributed by atoms with Crippen LogP contribution in [0, 0.1) is 0 Å². The number of carbonyl (C=O) groups excluding carboxylic acids is 1. The largest absolute Gasteiger partial charge is 0.466 e. The smallest absolute Gasteiger partial charge is 0.418 e. The van der Waals surface area contributed by atoms with Crippen LogP contribution in [0.4, 0.5) is 22.0 Å². The molecule has 0 radical (unpaired) electrons. The fourth-order valence-corrected chi connectivity index (χ4v) is 1.82. The molecule has 0 aliphatic rings. The van der Waals surface area contributed by atoms with Crippen LogP contribution in [0.1, 0.15) is 35.7 Å². The first-order valence-corrected chi connectivity index (χ1v) is 5.94. The average Bonchev–Trinajstić information content (AvgIpc) is 2.36. The lowest BCUT2D eigenvalue weighted by molar-refractivity contribution is -0.142. The molecule has 9 heteroatoms. The molecule has 0 amide bonds. The summed E-state index contributed by atoms with van der Waals surface area (Å²) in [4.78, 5) is 14.6. The van der Waals surface area contributed by atoms with E-state index < -0.39 is 53.9 Å². The second-order valence-corrected chi connectivity index (χ2v) is 4.00. The third-order valence-electron chi connectivity index (χ3n) is 2.66. The first-order chi connectivity index (χ1) is 9.72. The van der Waals surface area contributed by atoms with Crippen LogP contribution in [0.2, 0.25) is 0 Å². The van der Waals surface area contributed by atoms with Gasteiger partial charge in [-0.1, -0.05) is 0 Å². The highest BCUT2D eigenvalue weighted by atomic mass is 19.4. The van der Waals surface area contributed by atoms with Gasteiger partial charge in [0, 0.05) is 18.3 Å². The molecule has 21 heavy (non-hydrogen) atoms. The standard InChI is InChI=1S/C12H13F5N2O2/c1-2-21-9(20)3-8-10(11(13)14)6(4-18)7(5-19-8)12(15,16)17/h5,11H,2-4,18H2,1H3. The van der Waals surface area contributed by atoms with Gasteiger partial charge in [0.2, 0.25) is 0 Å². The number of ether oxygens (including phenoxy) is 1. The van der Waals surface area contributed by atoms with Crippen LogP contribution < -0.4 is 5.73 Å². The summed E-state index contributed by atoms with van der Waals surface area (Å²) in [6.45, 7) is 0.789. The summed E-state index contributed by atoms with van der Waals surface area (Å²) in [5.74, 6) is -0.852. The summed E-state index contributed by atoms with van der Waals surface area (Å²) in [6, 6.07) is 0. The summed E-state index contributed by atoms with van der Waals surface area (Å²) in [5, 5.41) is 0. The van der Waals surface area contributed by atoms with Crippen LogP contribution in [0.25, 0.3) is 0 Å². The molecule has 1 aromatic rings. The molecule has 118 valence electrons. The Morgan fingerprint density at radius 2 is 2.05 bits per heavy atom. The van der Waals surface area contributed by atoms with Crippen molar-refractivity contribution in [3.8, 4) is 0 Å². The number of rotatable bonds is 5. The molecule has 0 aliphatic heterocycles. The molecule has 0 atom stereocenters. The van der Waals surface area contributed by atoms with Crippen LogP contribution in [0.3, 0.4) is 0 Å². The quantitative estimate of drug-likeness (QED) is 0.670. The number of hydrogen-bond donors (Lipinski definition) is 1. The van der Waals surface area contributed by atoms with Crippen molar-refractivity contribution in [2.24, 2.45) is 5.73 Å². The summed E-state index contributed by atoms with van der Waals surface area (Å²) < 4.78 is 69.0. The lowest BCUT2D eigenvalue weighted by Gasteiger charge is -2.17. The Hall–Kier alpha value is -1.77. The van der Waals surface area contributed by atoms with Gasteiger partial charge in [-0.3, -0.25) is 9.78 Å². The zero-order chi connectivity index (χ0) is 16.2. The second kappa shape index (κ2) is 6.79. The van der Waals surface area contributed by atoms with Crippen molar-refractivity contribution in [3.63, 3.8) is 0 Å². The molecule has 0 spiro atoms. The van der Waals surface area contributed by atoms with Gasteiger partial charge in [0.1, 0.15) is 0 Å². The van der Waals surface area contributed by atoms with Crippen molar-refractivity contribution in [2.45, 2.75) is 32.5 Å². The lowest BCUT2D eigenvalue weighted by Crippen LogP contribution is -2.19. The minimum absolute atomic E-state index is 0.0211. The third-order valence-corrected chi connectivity index (χ3v) is 2.66. The van der Waals surface area contributed by atoms with Gasteiger partial charge in [-0.25, -0.2) is 8.78 Å². The monoisotopic (exact) mass is 312 g/mol. The topological polar surface area (TPSA) is 65.2 Å². The normalized spacial score (nSPS) is 11.8. The molecule has 0 bridgehead atoms. The van der Waals surface area contributed by atoms with Gasteiger partial charge in [0.15, 0.2) is 0 Å². The number of nitrogens with two attached hydrogens (primary N) is 1. The van der Waals surface area contributed by atoms with Crippen LogP contribution >= 0.6 is 0 Å². The molecule has 2 N–H and O–H groups in total. The maximum absolute atomic E-state index is 13.1. The highest BCUT2D eigenvalue weighted by molar-refractivity contribution is 5.72. The second-order valence-electron chi connectivity index (χ2n) is 4.00. The fourth-order valence-electron chi connectivity index (χ4n) is 1.82. The maximum atomic E-state index is 13.1. The first kappa shape index (κ1) is 17.3. The molecule has 4 nitrogen and oxygen atoms in total. The van der Waals surface area contributed by atoms with E-state index in [0.29, 0.717) is 6.20 Å². The summed E-state index contributed by atoms with van der Waals surface area (Å²) >= 11 is 0. The summed E-state index contributed by atoms with van der Waals surface area (Å²) in [6.07, 6.45) is -8.32. The zero-order valence-corrected chi connectivity index (χ0v) is 11.0. The van der Waals surface area contributed by atoms with Crippen LogP contribution in [-0.2, 0) is 28.7 Å². The molecule has 0 fully saturated rings. The van der Waals surface area contributed by atoms with Gasteiger partial charge >= 0.3 is 12.1 Å². The van der Waals surface area contributed by atoms with Crippen molar-refractivity contribution in [3.05, 3.63) is 28.6 Å². The van der Waals surface area contributed by atoms with Crippen molar-refractivity contribution < 1.29 is 31.5 Å². The number of nitrogens with zero attached hydrogens (tertiary/aromatic N) is 1. The maximum Gasteiger partial charge on any atom is 0.418 e. The third kappa shape index (κ3) is 4.10. The SMILES string of the molecule is CCOC(=O)Cc1ncc(C(F)(F)F)c(CN)c1C(F)F. The lowest BCUT2D eigenvalue weighted by atomic mass is 9.99. The van der Waals surface area contributed by atoms with Gasteiger partial charge in [-0.05, 0) is 12.5 Å². The predicted octanol–water partition coefficient (Wildman–Crippen LogP) is 2.60. The Morgan fingerprint density at radius 3 is 2.48 bits per heavy atom. The van der Waals surface area contributed by atoms with E-state index in [4.69, 9.17) is 5.73 Å². The van der Waals surface area contributed by atoms with E-state index in [2.05, 4.69) is 9.72 Å². The number of pyridine rings is 1. The minimum Gasteiger partial charge on any atom is -0.466 e. The van der Waals surface area contributed by atoms with Crippen molar-refractivity contribution >= 4 is 5.97 Å². The average molecular weight is 312 g/mol. The first-order valence-electron chi connectivity index (χ1n) is 5.94. The van der Waals surface area contributed by atoms with Gasteiger partial charge in [-0.15, -0.1) is 0 Å². The molecule has 0 saturated carbocycles. The molecular formula is C12H13F5N2O2. The Bertz CT molecular complexity index is 517. The Kier molecular flexibility index (Phi) is 5.59. The number of aromatic nitrogens is 1. The van der Waals surface area contributed by atoms with E-state index in [1.54, 1.807) is 0 Å². The molecule has 0 unspecified atom stereocenters. The minimum atomic E-state index is -4.85. The highest BCUT2D eigenvalue weighted by Crippen LogP contribution is 2.36. The number of hydrogen-bond acceptors (Lipinski definition) is 4. The van der Waals surface area contributed by atoms with Gasteiger partial charge < -0.3 is 10.5 Å². The summed E-state index contributed by atoms with van der Waals surface area (Å²) in [5.41, 5.74) is 1.66. The van der Waals surface area contributed by atoms with Crippen molar-refractivity contribution in [2.75, 3.05) is 6.61 Å². The van der Waals surface area contributed by atoms with E-state index in [-0.39, 0.29) is 6.61 Å².